The topological polar surface area (TPSA) is 91.6 Å². The van der Waals surface area contributed by atoms with Gasteiger partial charge < -0.3 is 16.0 Å². The molecular weight excluding hydrogens is 401 g/mol. The summed E-state index contributed by atoms with van der Waals surface area (Å²) in [5, 5.41) is 2.84. The lowest BCUT2D eigenvalue weighted by Gasteiger charge is -2.35. The monoisotopic (exact) mass is 425 g/mol. The summed E-state index contributed by atoms with van der Waals surface area (Å²) in [6.45, 7) is 4.37. The maximum absolute atomic E-state index is 12.1. The van der Waals surface area contributed by atoms with Crippen LogP contribution in [0.5, 0.6) is 0 Å². The highest BCUT2D eigenvalue weighted by Crippen LogP contribution is 2.13. The lowest BCUT2D eigenvalue weighted by molar-refractivity contribution is -0.116. The van der Waals surface area contributed by atoms with Gasteiger partial charge in [0, 0.05) is 56.6 Å². The quantitative estimate of drug-likeness (QED) is 0.739. The minimum absolute atomic E-state index is 0. The molecule has 1 fully saturated rings. The molecule has 0 atom stereocenters. The van der Waals surface area contributed by atoms with Gasteiger partial charge in [0.15, 0.2) is 0 Å². The third kappa shape index (κ3) is 6.67. The van der Waals surface area contributed by atoms with Crippen LogP contribution >= 0.6 is 24.8 Å². The summed E-state index contributed by atoms with van der Waals surface area (Å²) in [7, 11) is 0. The lowest BCUT2D eigenvalue weighted by Crippen LogP contribution is -2.47. The molecule has 0 aliphatic carbocycles. The van der Waals surface area contributed by atoms with Gasteiger partial charge in [-0.2, -0.15) is 0 Å². The Labute approximate surface area is 177 Å². The summed E-state index contributed by atoms with van der Waals surface area (Å²) in [5.74, 6) is 0.487. The van der Waals surface area contributed by atoms with Crippen LogP contribution in [0, 0.1) is 0 Å². The highest BCUT2D eigenvalue weighted by Gasteiger charge is 2.18. The van der Waals surface area contributed by atoms with Crippen molar-refractivity contribution in [3.8, 4) is 0 Å². The van der Waals surface area contributed by atoms with E-state index in [4.69, 9.17) is 5.73 Å². The molecule has 1 aliphatic rings. The number of aromatic nitrogens is 1. The fraction of sp³-hybridized carbons (Fsp3) is 0.316. The molecule has 0 spiro atoms. The molecule has 0 bridgehead atoms. The van der Waals surface area contributed by atoms with Crippen molar-refractivity contribution < 1.29 is 9.59 Å². The predicted molar refractivity (Wildman–Crippen MR) is 116 cm³/mol. The average Bonchev–Trinajstić information content (AvgIpc) is 2.68. The Hall–Kier alpha value is -2.35. The molecular formula is C19H25Cl2N5O2. The van der Waals surface area contributed by atoms with Gasteiger partial charge in [0.2, 0.25) is 11.8 Å². The number of halogens is 2. The number of hydrogen-bond donors (Lipinski definition) is 2. The largest absolute Gasteiger partial charge is 0.366 e. The molecule has 152 valence electrons. The van der Waals surface area contributed by atoms with Crippen LogP contribution in [-0.2, 0) is 4.79 Å². The molecule has 1 aliphatic heterocycles. The molecule has 1 aromatic heterocycles. The molecule has 7 nitrogen and oxygen atoms in total. The number of hydrogen-bond acceptors (Lipinski definition) is 5. The first-order valence-corrected chi connectivity index (χ1v) is 8.70. The Kier molecular flexibility index (Phi) is 9.72. The third-order valence-electron chi connectivity index (χ3n) is 4.45. The minimum Gasteiger partial charge on any atom is -0.366 e. The number of pyridine rings is 1. The van der Waals surface area contributed by atoms with Gasteiger partial charge in [-0.15, -0.1) is 24.8 Å². The first-order chi connectivity index (χ1) is 12.6. The summed E-state index contributed by atoms with van der Waals surface area (Å²) >= 11 is 0. The zero-order chi connectivity index (χ0) is 18.4. The lowest BCUT2D eigenvalue weighted by atomic mass is 10.2. The number of carbonyl (C=O) groups excluding carboxylic acids is 2. The van der Waals surface area contributed by atoms with Crippen molar-refractivity contribution in [1.29, 1.82) is 0 Å². The van der Waals surface area contributed by atoms with Crippen molar-refractivity contribution in [2.75, 3.05) is 42.9 Å². The van der Waals surface area contributed by atoms with Crippen molar-refractivity contribution in [3.63, 3.8) is 0 Å². The Bertz CT molecular complexity index is 751. The standard InChI is InChI=1S/C19H23N5O2.2ClH/c20-19(26)15-4-6-16(7-5-15)22-18(25)8-10-23-11-13-24(14-12-23)17-3-1-2-9-21-17;;/h1-7,9H,8,10-14H2,(H2,20,26)(H,22,25);2*1H. The van der Waals surface area contributed by atoms with Gasteiger partial charge in [0.05, 0.1) is 0 Å². The van der Waals surface area contributed by atoms with E-state index < -0.39 is 5.91 Å². The molecule has 2 aromatic rings. The Morgan fingerprint density at radius 3 is 2.25 bits per heavy atom. The molecule has 3 rings (SSSR count). The van der Waals surface area contributed by atoms with Crippen molar-refractivity contribution in [3.05, 3.63) is 54.2 Å². The maximum Gasteiger partial charge on any atom is 0.248 e. The zero-order valence-corrected chi connectivity index (χ0v) is 17.0. The fourth-order valence-corrected chi connectivity index (χ4v) is 2.94. The normalized spacial score (nSPS) is 13.8. The van der Waals surface area contributed by atoms with Crippen molar-refractivity contribution >= 4 is 48.1 Å². The highest BCUT2D eigenvalue weighted by molar-refractivity contribution is 5.94. The van der Waals surface area contributed by atoms with Gasteiger partial charge >= 0.3 is 0 Å². The van der Waals surface area contributed by atoms with Crippen molar-refractivity contribution in [2.45, 2.75) is 6.42 Å². The fourth-order valence-electron chi connectivity index (χ4n) is 2.94. The van der Waals surface area contributed by atoms with Crippen LogP contribution in [-0.4, -0.2) is 54.4 Å². The van der Waals surface area contributed by atoms with E-state index in [0.29, 0.717) is 17.7 Å². The second-order valence-electron chi connectivity index (χ2n) is 6.26. The Morgan fingerprint density at radius 2 is 1.68 bits per heavy atom. The average molecular weight is 426 g/mol. The van der Waals surface area contributed by atoms with Crippen LogP contribution in [0.1, 0.15) is 16.8 Å². The first-order valence-electron chi connectivity index (χ1n) is 8.70. The number of benzene rings is 1. The molecule has 28 heavy (non-hydrogen) atoms. The van der Waals surface area contributed by atoms with Gasteiger partial charge in [-0.3, -0.25) is 14.5 Å². The van der Waals surface area contributed by atoms with E-state index in [0.717, 1.165) is 38.5 Å². The van der Waals surface area contributed by atoms with E-state index >= 15 is 0 Å². The zero-order valence-electron chi connectivity index (χ0n) is 15.4. The van der Waals surface area contributed by atoms with Crippen LogP contribution in [0.25, 0.3) is 0 Å². The van der Waals surface area contributed by atoms with Crippen LogP contribution in [0.2, 0.25) is 0 Å². The number of rotatable bonds is 6. The number of amides is 2. The van der Waals surface area contributed by atoms with E-state index in [1.165, 1.54) is 0 Å². The Balaban J connectivity index is 0.00000196. The molecule has 0 radical (unpaired) electrons. The number of nitrogens with zero attached hydrogens (tertiary/aromatic N) is 3. The second kappa shape index (κ2) is 11.5. The minimum atomic E-state index is -0.479. The number of carbonyl (C=O) groups is 2. The molecule has 0 saturated carbocycles. The summed E-state index contributed by atoms with van der Waals surface area (Å²) in [6, 6.07) is 12.5. The SMILES string of the molecule is Cl.Cl.NC(=O)c1ccc(NC(=O)CCN2CCN(c3ccccn3)CC2)cc1. The number of nitrogens with one attached hydrogen (secondary N) is 1. The smallest absolute Gasteiger partial charge is 0.248 e. The molecule has 2 amide bonds. The number of piperazine rings is 1. The molecule has 3 N–H and O–H groups in total. The van der Waals surface area contributed by atoms with Crippen LogP contribution in [0.4, 0.5) is 11.5 Å². The van der Waals surface area contributed by atoms with E-state index in [-0.39, 0.29) is 30.7 Å². The van der Waals surface area contributed by atoms with E-state index in [2.05, 4.69) is 20.1 Å². The van der Waals surface area contributed by atoms with E-state index in [9.17, 15) is 9.59 Å². The molecule has 2 heterocycles. The maximum atomic E-state index is 12.1. The van der Waals surface area contributed by atoms with Gasteiger partial charge in [0.25, 0.3) is 0 Å². The predicted octanol–water partition coefficient (Wildman–Crippen LogP) is 2.17. The highest BCUT2D eigenvalue weighted by atomic mass is 35.5. The van der Waals surface area contributed by atoms with Crippen LogP contribution in [0.3, 0.4) is 0 Å². The molecule has 1 saturated heterocycles. The summed E-state index contributed by atoms with van der Waals surface area (Å²) in [6.07, 6.45) is 2.24. The molecule has 9 heteroatoms. The van der Waals surface area contributed by atoms with Crippen LogP contribution in [0.15, 0.2) is 48.7 Å². The number of primary amides is 1. The van der Waals surface area contributed by atoms with Crippen LogP contribution < -0.4 is 16.0 Å². The van der Waals surface area contributed by atoms with Gasteiger partial charge in [-0.05, 0) is 36.4 Å². The van der Waals surface area contributed by atoms with E-state index in [1.807, 2.05) is 24.4 Å². The summed E-state index contributed by atoms with van der Waals surface area (Å²) < 4.78 is 0. The van der Waals surface area contributed by atoms with Crippen molar-refractivity contribution in [2.24, 2.45) is 5.73 Å². The molecule has 0 unspecified atom stereocenters. The number of nitrogens with two attached hydrogens (primary N) is 1. The van der Waals surface area contributed by atoms with Crippen molar-refractivity contribution in [1.82, 2.24) is 9.88 Å². The second-order valence-corrected chi connectivity index (χ2v) is 6.26. The first kappa shape index (κ1) is 23.7. The van der Waals surface area contributed by atoms with Gasteiger partial charge in [0.1, 0.15) is 5.82 Å². The van der Waals surface area contributed by atoms with Gasteiger partial charge in [-0.25, -0.2) is 4.98 Å². The van der Waals surface area contributed by atoms with Gasteiger partial charge in [-0.1, -0.05) is 6.07 Å². The third-order valence-corrected chi connectivity index (χ3v) is 4.45. The van der Waals surface area contributed by atoms with E-state index in [1.54, 1.807) is 24.3 Å². The summed E-state index contributed by atoms with van der Waals surface area (Å²) in [4.78, 5) is 32.1. The number of anilines is 2. The summed E-state index contributed by atoms with van der Waals surface area (Å²) in [5.41, 5.74) is 6.29. The Morgan fingerprint density at radius 1 is 1.00 bits per heavy atom. The molecule has 1 aromatic carbocycles.